The fraction of sp³-hybridized carbons (Fsp3) is 0.611. The highest BCUT2D eigenvalue weighted by molar-refractivity contribution is 14.0. The number of likely N-dealkylation sites (tertiary alicyclic amines) is 1. The first-order valence-corrected chi connectivity index (χ1v) is 8.67. The molecule has 1 saturated carbocycles. The summed E-state index contributed by atoms with van der Waals surface area (Å²) in [7, 11) is 1.80. The number of rotatable bonds is 6. The molecule has 2 aliphatic rings. The minimum absolute atomic E-state index is 0. The number of hydrogen-bond acceptors (Lipinski definition) is 2. The second kappa shape index (κ2) is 9.56. The number of nitrogens with one attached hydrogen (secondary N) is 2. The number of halogens is 2. The van der Waals surface area contributed by atoms with Crippen molar-refractivity contribution in [3.8, 4) is 0 Å². The molecule has 0 aromatic heterocycles. The fourth-order valence-corrected chi connectivity index (χ4v) is 3.24. The summed E-state index contributed by atoms with van der Waals surface area (Å²) >= 11 is 0. The highest BCUT2D eigenvalue weighted by Crippen LogP contribution is 2.31. The van der Waals surface area contributed by atoms with Crippen LogP contribution in [0.4, 0.5) is 4.39 Å². The lowest BCUT2D eigenvalue weighted by Crippen LogP contribution is -2.41. The quantitative estimate of drug-likeness (QED) is 0.401. The molecule has 1 unspecified atom stereocenters. The van der Waals surface area contributed by atoms with Crippen LogP contribution in [0.3, 0.4) is 0 Å². The van der Waals surface area contributed by atoms with Gasteiger partial charge in [0.15, 0.2) is 5.96 Å². The fourth-order valence-electron chi connectivity index (χ4n) is 3.24. The Balaban J connectivity index is 0.00000208. The van der Waals surface area contributed by atoms with E-state index in [1.54, 1.807) is 7.05 Å². The summed E-state index contributed by atoms with van der Waals surface area (Å²) in [5.41, 5.74) is 1.13. The zero-order chi connectivity index (χ0) is 16.1. The van der Waals surface area contributed by atoms with Gasteiger partial charge >= 0.3 is 0 Å². The number of aliphatic imine (C=N–C) groups is 1. The maximum absolute atomic E-state index is 12.9. The second-order valence-corrected chi connectivity index (χ2v) is 6.64. The Bertz CT molecular complexity index is 530. The van der Waals surface area contributed by atoms with Gasteiger partial charge in [0, 0.05) is 32.7 Å². The average Bonchev–Trinajstić information content (AvgIpc) is 3.31. The van der Waals surface area contributed by atoms with Gasteiger partial charge in [-0.2, -0.15) is 0 Å². The van der Waals surface area contributed by atoms with Crippen LogP contribution in [-0.4, -0.2) is 50.1 Å². The summed E-state index contributed by atoms with van der Waals surface area (Å²) in [6.07, 6.45) is 4.94. The lowest BCUT2D eigenvalue weighted by molar-refractivity contribution is 0.314. The molecular formula is C18H28FIN4. The van der Waals surface area contributed by atoms with Crippen molar-refractivity contribution >= 4 is 29.9 Å². The van der Waals surface area contributed by atoms with Crippen molar-refractivity contribution in [2.45, 2.75) is 31.7 Å². The van der Waals surface area contributed by atoms with E-state index in [1.807, 2.05) is 12.1 Å². The van der Waals surface area contributed by atoms with Crippen LogP contribution in [0.1, 0.15) is 24.8 Å². The molecule has 1 aromatic carbocycles. The molecule has 1 heterocycles. The molecule has 0 spiro atoms. The van der Waals surface area contributed by atoms with Crippen molar-refractivity contribution < 1.29 is 4.39 Å². The van der Waals surface area contributed by atoms with Gasteiger partial charge in [0.1, 0.15) is 5.82 Å². The van der Waals surface area contributed by atoms with Gasteiger partial charge in [0.05, 0.1) is 0 Å². The van der Waals surface area contributed by atoms with Crippen LogP contribution in [0, 0.1) is 11.7 Å². The van der Waals surface area contributed by atoms with Crippen molar-refractivity contribution in [2.75, 3.05) is 33.2 Å². The van der Waals surface area contributed by atoms with Crippen molar-refractivity contribution in [3.63, 3.8) is 0 Å². The maximum atomic E-state index is 12.9. The Morgan fingerprint density at radius 2 is 1.96 bits per heavy atom. The van der Waals surface area contributed by atoms with E-state index in [0.717, 1.165) is 43.0 Å². The van der Waals surface area contributed by atoms with Gasteiger partial charge in [0.25, 0.3) is 0 Å². The highest BCUT2D eigenvalue weighted by Gasteiger charge is 2.34. The second-order valence-electron chi connectivity index (χ2n) is 6.64. The van der Waals surface area contributed by atoms with Gasteiger partial charge in [-0.25, -0.2) is 4.39 Å². The molecule has 0 radical (unpaired) electrons. The summed E-state index contributed by atoms with van der Waals surface area (Å²) in [6, 6.07) is 7.56. The maximum Gasteiger partial charge on any atom is 0.190 e. The molecule has 6 heteroatoms. The Morgan fingerprint density at radius 3 is 2.62 bits per heavy atom. The third-order valence-electron chi connectivity index (χ3n) is 4.78. The minimum atomic E-state index is -0.184. The van der Waals surface area contributed by atoms with E-state index in [-0.39, 0.29) is 29.8 Å². The molecule has 1 aromatic rings. The monoisotopic (exact) mass is 446 g/mol. The minimum Gasteiger partial charge on any atom is -0.356 e. The topological polar surface area (TPSA) is 39.7 Å². The molecule has 3 rings (SSSR count). The largest absolute Gasteiger partial charge is 0.356 e. The van der Waals surface area contributed by atoms with Crippen molar-refractivity contribution in [1.29, 1.82) is 0 Å². The van der Waals surface area contributed by atoms with Crippen LogP contribution in [0.5, 0.6) is 0 Å². The van der Waals surface area contributed by atoms with E-state index in [9.17, 15) is 4.39 Å². The Morgan fingerprint density at radius 1 is 1.21 bits per heavy atom. The van der Waals surface area contributed by atoms with Gasteiger partial charge in [-0.05, 0) is 55.8 Å². The lowest BCUT2D eigenvalue weighted by Gasteiger charge is -2.17. The molecular weight excluding hydrogens is 418 g/mol. The summed E-state index contributed by atoms with van der Waals surface area (Å²) in [6.45, 7) is 4.27. The molecule has 2 fully saturated rings. The third-order valence-corrected chi connectivity index (χ3v) is 4.78. The smallest absolute Gasteiger partial charge is 0.190 e. The van der Waals surface area contributed by atoms with E-state index < -0.39 is 0 Å². The number of hydrogen-bond donors (Lipinski definition) is 2. The van der Waals surface area contributed by atoms with Crippen LogP contribution >= 0.6 is 24.0 Å². The Kier molecular flexibility index (Phi) is 7.74. The predicted molar refractivity (Wildman–Crippen MR) is 108 cm³/mol. The number of benzene rings is 1. The molecule has 4 nitrogen and oxygen atoms in total. The number of guanidine groups is 1. The van der Waals surface area contributed by atoms with Crippen LogP contribution in [0.2, 0.25) is 0 Å². The zero-order valence-corrected chi connectivity index (χ0v) is 16.6. The van der Waals surface area contributed by atoms with Gasteiger partial charge in [-0.15, -0.1) is 24.0 Å². The van der Waals surface area contributed by atoms with E-state index in [4.69, 9.17) is 0 Å². The van der Waals surface area contributed by atoms with E-state index in [1.165, 1.54) is 44.5 Å². The van der Waals surface area contributed by atoms with Gasteiger partial charge in [-0.3, -0.25) is 4.99 Å². The van der Waals surface area contributed by atoms with Gasteiger partial charge < -0.3 is 15.5 Å². The van der Waals surface area contributed by atoms with Crippen molar-refractivity contribution in [2.24, 2.45) is 10.9 Å². The molecule has 2 N–H and O–H groups in total. The average molecular weight is 446 g/mol. The first kappa shape index (κ1) is 19.4. The standard InChI is InChI=1S/C18H27FN4.HI/c1-20-18(21-10-8-14-2-4-16(19)5-3-14)22-12-15-9-11-23(13-15)17-6-7-17;/h2-5,15,17H,6-13H2,1H3,(H2,20,21,22);1H. The first-order chi connectivity index (χ1) is 11.2. The van der Waals surface area contributed by atoms with E-state index in [2.05, 4.69) is 20.5 Å². The third kappa shape index (κ3) is 5.88. The molecule has 24 heavy (non-hydrogen) atoms. The Labute approximate surface area is 161 Å². The van der Waals surface area contributed by atoms with E-state index in [0.29, 0.717) is 0 Å². The van der Waals surface area contributed by atoms with Gasteiger partial charge in [0.2, 0.25) is 0 Å². The van der Waals surface area contributed by atoms with Crippen LogP contribution in [0.15, 0.2) is 29.3 Å². The SMILES string of the molecule is CN=C(NCCc1ccc(F)cc1)NCC1CCN(C2CC2)C1.I. The first-order valence-electron chi connectivity index (χ1n) is 8.67. The normalized spacial score (nSPS) is 21.4. The Hall–Kier alpha value is -0.890. The molecule has 134 valence electrons. The molecule has 0 amide bonds. The summed E-state index contributed by atoms with van der Waals surface area (Å²) in [4.78, 5) is 6.92. The summed E-state index contributed by atoms with van der Waals surface area (Å²) in [5, 5.41) is 6.77. The molecule has 1 aliphatic heterocycles. The van der Waals surface area contributed by atoms with Crippen LogP contribution in [0.25, 0.3) is 0 Å². The lowest BCUT2D eigenvalue weighted by atomic mass is 10.1. The number of nitrogens with zero attached hydrogens (tertiary/aromatic N) is 2. The van der Waals surface area contributed by atoms with Crippen molar-refractivity contribution in [1.82, 2.24) is 15.5 Å². The summed E-state index contributed by atoms with van der Waals surface area (Å²) < 4.78 is 12.9. The van der Waals surface area contributed by atoms with E-state index >= 15 is 0 Å². The van der Waals surface area contributed by atoms with Gasteiger partial charge in [-0.1, -0.05) is 12.1 Å². The zero-order valence-electron chi connectivity index (χ0n) is 14.3. The van der Waals surface area contributed by atoms with Crippen LogP contribution < -0.4 is 10.6 Å². The highest BCUT2D eigenvalue weighted by atomic mass is 127. The molecule has 1 atom stereocenters. The predicted octanol–water partition coefficient (Wildman–Crippen LogP) is 2.64. The molecule has 1 saturated heterocycles. The summed E-state index contributed by atoms with van der Waals surface area (Å²) in [5.74, 6) is 1.40. The van der Waals surface area contributed by atoms with Crippen molar-refractivity contribution in [3.05, 3.63) is 35.6 Å². The molecule has 1 aliphatic carbocycles. The molecule has 0 bridgehead atoms. The van der Waals surface area contributed by atoms with Crippen LogP contribution in [-0.2, 0) is 6.42 Å².